The highest BCUT2D eigenvalue weighted by Crippen LogP contribution is 2.42. The van der Waals surface area contributed by atoms with Crippen LogP contribution in [0.1, 0.15) is 43.5 Å². The largest absolute Gasteiger partial charge is 0.307 e. The lowest BCUT2D eigenvalue weighted by Gasteiger charge is -2.27. The molecule has 1 aromatic rings. The topological polar surface area (TPSA) is 15.3 Å². The van der Waals surface area contributed by atoms with Gasteiger partial charge in [-0.2, -0.15) is 0 Å². The maximum atomic E-state index is 3.82. The summed E-state index contributed by atoms with van der Waals surface area (Å²) in [6, 6.07) is 6.59. The van der Waals surface area contributed by atoms with E-state index in [-0.39, 0.29) is 0 Å². The molecule has 2 aliphatic carbocycles. The van der Waals surface area contributed by atoms with Crippen LogP contribution in [0.4, 0.5) is 0 Å². The zero-order valence-corrected chi connectivity index (χ0v) is 12.2. The third kappa shape index (κ3) is 2.95. The average molecular weight is 264 g/mol. The molecule has 0 spiro atoms. The molecule has 0 aliphatic heterocycles. The van der Waals surface area contributed by atoms with Gasteiger partial charge in [0.2, 0.25) is 0 Å². The molecule has 2 nitrogen and oxygen atoms in total. The van der Waals surface area contributed by atoms with Crippen LogP contribution in [0, 0.1) is 5.92 Å². The number of hydrogen-bond acceptors (Lipinski definition) is 3. The van der Waals surface area contributed by atoms with E-state index in [1.165, 1.54) is 30.6 Å². The summed E-state index contributed by atoms with van der Waals surface area (Å²) in [7, 11) is 2.28. The van der Waals surface area contributed by atoms with Gasteiger partial charge in [-0.1, -0.05) is 6.07 Å². The molecule has 1 N–H and O–H groups in total. The van der Waals surface area contributed by atoms with Crippen molar-refractivity contribution in [2.45, 2.75) is 50.7 Å². The van der Waals surface area contributed by atoms with Gasteiger partial charge in [0, 0.05) is 29.5 Å². The van der Waals surface area contributed by atoms with Gasteiger partial charge in [0.25, 0.3) is 0 Å². The van der Waals surface area contributed by atoms with Crippen molar-refractivity contribution < 1.29 is 0 Å². The van der Waals surface area contributed by atoms with Crippen LogP contribution in [0.15, 0.2) is 17.5 Å². The second-order valence-electron chi connectivity index (χ2n) is 5.98. The van der Waals surface area contributed by atoms with Crippen molar-refractivity contribution in [3.8, 4) is 0 Å². The van der Waals surface area contributed by atoms with Crippen LogP contribution >= 0.6 is 11.3 Å². The van der Waals surface area contributed by atoms with Crippen LogP contribution in [0.3, 0.4) is 0 Å². The molecule has 2 aliphatic rings. The van der Waals surface area contributed by atoms with Gasteiger partial charge in [0.15, 0.2) is 0 Å². The molecule has 3 heteroatoms. The van der Waals surface area contributed by atoms with E-state index >= 15 is 0 Å². The summed E-state index contributed by atoms with van der Waals surface area (Å²) < 4.78 is 0. The van der Waals surface area contributed by atoms with Gasteiger partial charge >= 0.3 is 0 Å². The van der Waals surface area contributed by atoms with Crippen molar-refractivity contribution >= 4 is 11.3 Å². The first-order chi connectivity index (χ1) is 8.75. The SMILES string of the molecule is CC(CNC(c1cccs1)C1CC1)N(C)C1CC1. The fourth-order valence-corrected chi connectivity index (χ4v) is 3.57. The fraction of sp³-hybridized carbons (Fsp3) is 0.733. The third-order valence-corrected chi connectivity index (χ3v) is 5.35. The molecule has 0 amide bonds. The van der Waals surface area contributed by atoms with E-state index in [4.69, 9.17) is 0 Å². The van der Waals surface area contributed by atoms with E-state index in [1.807, 2.05) is 11.3 Å². The van der Waals surface area contributed by atoms with Gasteiger partial charge in [0.1, 0.15) is 0 Å². The molecule has 1 heterocycles. The minimum absolute atomic E-state index is 0.611. The third-order valence-electron chi connectivity index (χ3n) is 4.39. The highest BCUT2D eigenvalue weighted by Gasteiger charge is 2.34. The standard InChI is InChI=1S/C15H24N2S/c1-11(17(2)13-7-8-13)10-16-15(12-5-6-12)14-4-3-9-18-14/h3-4,9,11-13,15-16H,5-8,10H2,1-2H3. The zero-order chi connectivity index (χ0) is 12.5. The quantitative estimate of drug-likeness (QED) is 0.813. The smallest absolute Gasteiger partial charge is 0.0443 e. The lowest BCUT2D eigenvalue weighted by Crippen LogP contribution is -2.40. The fourth-order valence-electron chi connectivity index (χ4n) is 2.68. The molecule has 3 rings (SSSR count). The normalized spacial score (nSPS) is 23.3. The van der Waals surface area contributed by atoms with Crippen molar-refractivity contribution in [1.82, 2.24) is 10.2 Å². The Balaban J connectivity index is 1.53. The summed E-state index contributed by atoms with van der Waals surface area (Å²) in [5, 5.41) is 6.02. The predicted molar refractivity (Wildman–Crippen MR) is 78.0 cm³/mol. The highest BCUT2D eigenvalue weighted by atomic mass is 32.1. The number of nitrogens with one attached hydrogen (secondary N) is 1. The second kappa shape index (κ2) is 5.32. The number of rotatable bonds is 7. The van der Waals surface area contributed by atoms with E-state index in [2.05, 4.69) is 41.7 Å². The first kappa shape index (κ1) is 12.6. The van der Waals surface area contributed by atoms with E-state index in [1.54, 1.807) is 0 Å². The Kier molecular flexibility index (Phi) is 3.73. The summed E-state index contributed by atoms with van der Waals surface area (Å²) in [5.74, 6) is 0.891. The zero-order valence-electron chi connectivity index (χ0n) is 11.4. The van der Waals surface area contributed by atoms with E-state index in [0.29, 0.717) is 12.1 Å². The van der Waals surface area contributed by atoms with Crippen LogP contribution in [0.2, 0.25) is 0 Å². The molecule has 2 saturated carbocycles. The molecule has 2 atom stereocenters. The Morgan fingerprint density at radius 3 is 2.72 bits per heavy atom. The van der Waals surface area contributed by atoms with Gasteiger partial charge in [-0.05, 0) is 57.0 Å². The number of likely N-dealkylation sites (N-methyl/N-ethyl adjacent to an activating group) is 1. The predicted octanol–water partition coefficient (Wildman–Crippen LogP) is 3.27. The Hall–Kier alpha value is -0.380. The van der Waals surface area contributed by atoms with E-state index < -0.39 is 0 Å². The molecule has 0 bridgehead atoms. The van der Waals surface area contributed by atoms with Crippen molar-refractivity contribution in [1.29, 1.82) is 0 Å². The molecule has 1 aromatic heterocycles. The number of hydrogen-bond donors (Lipinski definition) is 1. The van der Waals surface area contributed by atoms with E-state index in [0.717, 1.165) is 18.5 Å². The monoisotopic (exact) mass is 264 g/mol. The Labute approximate surface area is 114 Å². The van der Waals surface area contributed by atoms with Crippen LogP contribution in [-0.4, -0.2) is 30.6 Å². The van der Waals surface area contributed by atoms with Crippen LogP contribution in [0.25, 0.3) is 0 Å². The van der Waals surface area contributed by atoms with Gasteiger partial charge in [-0.3, -0.25) is 4.90 Å². The summed E-state index contributed by atoms with van der Waals surface area (Å²) in [6.07, 6.45) is 5.61. The lowest BCUT2D eigenvalue weighted by molar-refractivity contribution is 0.233. The second-order valence-corrected chi connectivity index (χ2v) is 6.96. The average Bonchev–Trinajstić information content (AvgIpc) is 3.28. The molecule has 18 heavy (non-hydrogen) atoms. The number of nitrogens with zero attached hydrogens (tertiary/aromatic N) is 1. The summed E-state index contributed by atoms with van der Waals surface area (Å²) in [5.41, 5.74) is 0. The molecule has 2 fully saturated rings. The molecule has 100 valence electrons. The molecule has 0 radical (unpaired) electrons. The molecule has 2 unspecified atom stereocenters. The van der Waals surface area contributed by atoms with E-state index in [9.17, 15) is 0 Å². The minimum atomic E-state index is 0.611. The number of thiophene rings is 1. The van der Waals surface area contributed by atoms with Crippen molar-refractivity contribution in [3.63, 3.8) is 0 Å². The Morgan fingerprint density at radius 2 is 2.17 bits per heavy atom. The lowest BCUT2D eigenvalue weighted by atomic mass is 10.1. The maximum Gasteiger partial charge on any atom is 0.0443 e. The van der Waals surface area contributed by atoms with Gasteiger partial charge in [-0.15, -0.1) is 11.3 Å². The molecule has 0 saturated heterocycles. The van der Waals surface area contributed by atoms with Crippen LogP contribution in [-0.2, 0) is 0 Å². The maximum absolute atomic E-state index is 3.82. The Bertz CT molecular complexity index is 368. The van der Waals surface area contributed by atoms with Gasteiger partial charge in [0.05, 0.1) is 0 Å². The first-order valence-electron chi connectivity index (χ1n) is 7.24. The van der Waals surface area contributed by atoms with Crippen LogP contribution < -0.4 is 5.32 Å². The first-order valence-corrected chi connectivity index (χ1v) is 8.12. The van der Waals surface area contributed by atoms with Crippen molar-refractivity contribution in [2.75, 3.05) is 13.6 Å². The van der Waals surface area contributed by atoms with Gasteiger partial charge in [-0.25, -0.2) is 0 Å². The van der Waals surface area contributed by atoms with Crippen molar-refractivity contribution in [2.24, 2.45) is 5.92 Å². The van der Waals surface area contributed by atoms with Crippen molar-refractivity contribution in [3.05, 3.63) is 22.4 Å². The highest BCUT2D eigenvalue weighted by molar-refractivity contribution is 7.10. The minimum Gasteiger partial charge on any atom is -0.307 e. The summed E-state index contributed by atoms with van der Waals surface area (Å²) in [4.78, 5) is 4.07. The van der Waals surface area contributed by atoms with Crippen LogP contribution in [0.5, 0.6) is 0 Å². The molecular weight excluding hydrogens is 240 g/mol. The van der Waals surface area contributed by atoms with Gasteiger partial charge < -0.3 is 5.32 Å². The summed E-state index contributed by atoms with van der Waals surface area (Å²) >= 11 is 1.90. The molecule has 0 aromatic carbocycles. The Morgan fingerprint density at radius 1 is 1.39 bits per heavy atom. The molecular formula is C15H24N2S. The summed E-state index contributed by atoms with van der Waals surface area (Å²) in [6.45, 7) is 3.47.